The topological polar surface area (TPSA) is 56.0 Å². The van der Waals surface area contributed by atoms with Crippen LogP contribution in [0.5, 0.6) is 0 Å². The lowest BCUT2D eigenvalue weighted by Gasteiger charge is -2.11. The number of amides is 1. The zero-order chi connectivity index (χ0) is 19.0. The molecule has 0 aliphatic heterocycles. The summed E-state index contributed by atoms with van der Waals surface area (Å²) in [5.41, 5.74) is 5.05. The number of aryl methyl sites for hydroxylation is 3. The van der Waals surface area contributed by atoms with E-state index in [1.165, 1.54) is 0 Å². The summed E-state index contributed by atoms with van der Waals surface area (Å²) >= 11 is 0. The second-order valence-electron chi connectivity index (χ2n) is 6.66. The molecular weight excluding hydrogens is 326 g/mol. The van der Waals surface area contributed by atoms with E-state index in [1.807, 2.05) is 77.2 Å². The molecule has 0 radical (unpaired) electrons. The number of anilines is 1. The fourth-order valence-electron chi connectivity index (χ4n) is 3.43. The zero-order valence-corrected chi connectivity index (χ0v) is 15.8. The van der Waals surface area contributed by atoms with Crippen LogP contribution in [0.25, 0.3) is 5.69 Å². The van der Waals surface area contributed by atoms with Gasteiger partial charge in [0.25, 0.3) is 11.5 Å². The van der Waals surface area contributed by atoms with Gasteiger partial charge in [0.1, 0.15) is 5.69 Å². The molecule has 5 heteroatoms. The Balaban J connectivity index is 2.05. The lowest BCUT2D eigenvalue weighted by atomic mass is 9.99. The van der Waals surface area contributed by atoms with Crippen molar-refractivity contribution in [3.63, 3.8) is 0 Å². The molecule has 3 aromatic rings. The first-order valence-corrected chi connectivity index (χ1v) is 8.54. The average molecular weight is 349 g/mol. The third-order valence-corrected chi connectivity index (χ3v) is 4.70. The van der Waals surface area contributed by atoms with E-state index >= 15 is 0 Å². The van der Waals surface area contributed by atoms with E-state index in [0.29, 0.717) is 16.9 Å². The first-order valence-electron chi connectivity index (χ1n) is 8.54. The number of nitrogens with zero attached hydrogens (tertiary/aromatic N) is 2. The number of hydrogen-bond acceptors (Lipinski definition) is 2. The highest BCUT2D eigenvalue weighted by molar-refractivity contribution is 6.06. The highest BCUT2D eigenvalue weighted by Gasteiger charge is 2.20. The first-order chi connectivity index (χ1) is 12.3. The third-order valence-electron chi connectivity index (χ3n) is 4.70. The lowest BCUT2D eigenvalue weighted by molar-refractivity contribution is 0.102. The molecule has 0 unspecified atom stereocenters. The monoisotopic (exact) mass is 349 g/mol. The van der Waals surface area contributed by atoms with Gasteiger partial charge < -0.3 is 5.32 Å². The van der Waals surface area contributed by atoms with Crippen molar-refractivity contribution in [3.8, 4) is 5.69 Å². The van der Waals surface area contributed by atoms with Crippen LogP contribution in [0.2, 0.25) is 0 Å². The largest absolute Gasteiger partial charge is 0.316 e. The fourth-order valence-corrected chi connectivity index (χ4v) is 3.43. The van der Waals surface area contributed by atoms with E-state index in [2.05, 4.69) is 5.32 Å². The Morgan fingerprint density at radius 1 is 0.962 bits per heavy atom. The Morgan fingerprint density at radius 2 is 1.54 bits per heavy atom. The standard InChI is InChI=1S/C21H23N3O2/c1-13-11-14(2)18(15(3)12-13)20(25)22-19-16(4)23(5)24(21(19)26)17-9-7-6-8-10-17/h6-12H,1-5H3,(H,22,25). The van der Waals surface area contributed by atoms with Gasteiger partial charge in [0.15, 0.2) is 0 Å². The van der Waals surface area contributed by atoms with Crippen LogP contribution < -0.4 is 10.9 Å². The summed E-state index contributed by atoms with van der Waals surface area (Å²) in [6, 6.07) is 13.3. The quantitative estimate of drug-likeness (QED) is 0.784. The Hall–Kier alpha value is -3.08. The fraction of sp³-hybridized carbons (Fsp3) is 0.238. The average Bonchev–Trinajstić information content (AvgIpc) is 2.78. The van der Waals surface area contributed by atoms with Gasteiger partial charge in [-0.1, -0.05) is 35.9 Å². The van der Waals surface area contributed by atoms with Gasteiger partial charge in [0.2, 0.25) is 0 Å². The molecule has 0 spiro atoms. The molecule has 1 aromatic heterocycles. The lowest BCUT2D eigenvalue weighted by Crippen LogP contribution is -2.23. The number of benzene rings is 2. The Morgan fingerprint density at radius 3 is 2.12 bits per heavy atom. The number of nitrogens with one attached hydrogen (secondary N) is 1. The Labute approximate surface area is 152 Å². The normalized spacial score (nSPS) is 10.8. The van der Waals surface area contributed by atoms with Gasteiger partial charge in [-0.05, 0) is 51.0 Å². The maximum absolute atomic E-state index is 12.9. The minimum absolute atomic E-state index is 0.244. The van der Waals surface area contributed by atoms with Crippen molar-refractivity contribution in [2.24, 2.45) is 7.05 Å². The summed E-state index contributed by atoms with van der Waals surface area (Å²) in [7, 11) is 1.81. The smallest absolute Gasteiger partial charge is 0.295 e. The molecule has 26 heavy (non-hydrogen) atoms. The molecule has 5 nitrogen and oxygen atoms in total. The van der Waals surface area contributed by atoms with Gasteiger partial charge >= 0.3 is 0 Å². The highest BCUT2D eigenvalue weighted by Crippen LogP contribution is 2.19. The predicted molar refractivity (Wildman–Crippen MR) is 104 cm³/mol. The van der Waals surface area contributed by atoms with Crippen LogP contribution in [-0.4, -0.2) is 15.3 Å². The molecule has 0 saturated carbocycles. The molecule has 1 amide bonds. The molecule has 2 aromatic carbocycles. The second-order valence-corrected chi connectivity index (χ2v) is 6.66. The van der Waals surface area contributed by atoms with Crippen LogP contribution >= 0.6 is 0 Å². The van der Waals surface area contributed by atoms with E-state index in [0.717, 1.165) is 22.4 Å². The van der Waals surface area contributed by atoms with Gasteiger partial charge in [-0.25, -0.2) is 4.68 Å². The second kappa shape index (κ2) is 6.67. The SMILES string of the molecule is Cc1cc(C)c(C(=O)Nc2c(C)n(C)n(-c3ccccc3)c2=O)c(C)c1. The molecule has 0 atom stereocenters. The number of aromatic nitrogens is 2. The molecule has 0 saturated heterocycles. The maximum atomic E-state index is 12.9. The summed E-state index contributed by atoms with van der Waals surface area (Å²) in [5, 5.41) is 2.83. The van der Waals surface area contributed by atoms with Crippen LogP contribution in [0.3, 0.4) is 0 Å². The molecule has 1 N–H and O–H groups in total. The predicted octanol–water partition coefficient (Wildman–Crippen LogP) is 3.66. The van der Waals surface area contributed by atoms with E-state index in [-0.39, 0.29) is 11.5 Å². The van der Waals surface area contributed by atoms with Gasteiger partial charge in [-0.3, -0.25) is 14.3 Å². The van der Waals surface area contributed by atoms with Crippen molar-refractivity contribution in [2.45, 2.75) is 27.7 Å². The van der Waals surface area contributed by atoms with Crippen molar-refractivity contribution in [2.75, 3.05) is 5.32 Å². The Kier molecular flexibility index (Phi) is 4.55. The summed E-state index contributed by atoms with van der Waals surface area (Å²) in [6.45, 7) is 7.65. The molecule has 3 rings (SSSR count). The molecular formula is C21H23N3O2. The third kappa shape index (κ3) is 2.96. The molecule has 0 aliphatic carbocycles. The van der Waals surface area contributed by atoms with E-state index in [1.54, 1.807) is 9.36 Å². The van der Waals surface area contributed by atoms with Crippen molar-refractivity contribution in [1.29, 1.82) is 0 Å². The number of carbonyl (C=O) groups excluding carboxylic acids is 1. The molecule has 0 aliphatic rings. The van der Waals surface area contributed by atoms with Crippen molar-refractivity contribution in [3.05, 3.63) is 80.8 Å². The number of rotatable bonds is 3. The number of carbonyl (C=O) groups is 1. The summed E-state index contributed by atoms with van der Waals surface area (Å²) in [4.78, 5) is 25.8. The van der Waals surface area contributed by atoms with E-state index in [4.69, 9.17) is 0 Å². The number of para-hydroxylation sites is 1. The molecule has 134 valence electrons. The minimum atomic E-state index is -0.258. The van der Waals surface area contributed by atoms with Crippen LogP contribution in [0.15, 0.2) is 47.3 Å². The van der Waals surface area contributed by atoms with Gasteiger partial charge in [-0.15, -0.1) is 0 Å². The molecule has 0 bridgehead atoms. The van der Waals surface area contributed by atoms with E-state index in [9.17, 15) is 9.59 Å². The summed E-state index contributed by atoms with van der Waals surface area (Å²) in [5.74, 6) is -0.258. The summed E-state index contributed by atoms with van der Waals surface area (Å²) in [6.07, 6.45) is 0. The maximum Gasteiger partial charge on any atom is 0.295 e. The number of hydrogen-bond donors (Lipinski definition) is 1. The first kappa shape index (κ1) is 17.7. The van der Waals surface area contributed by atoms with Gasteiger partial charge in [0.05, 0.1) is 11.4 Å². The molecule has 0 fully saturated rings. The van der Waals surface area contributed by atoms with Crippen LogP contribution in [0.4, 0.5) is 5.69 Å². The van der Waals surface area contributed by atoms with Crippen LogP contribution in [0.1, 0.15) is 32.7 Å². The Bertz CT molecular complexity index is 1020. The van der Waals surface area contributed by atoms with E-state index < -0.39 is 0 Å². The van der Waals surface area contributed by atoms with Crippen LogP contribution in [0, 0.1) is 27.7 Å². The molecule has 1 heterocycles. The zero-order valence-electron chi connectivity index (χ0n) is 15.8. The van der Waals surface area contributed by atoms with Crippen molar-refractivity contribution < 1.29 is 4.79 Å². The van der Waals surface area contributed by atoms with Gasteiger partial charge in [0, 0.05) is 12.6 Å². The van der Waals surface area contributed by atoms with Gasteiger partial charge in [-0.2, -0.15) is 0 Å². The minimum Gasteiger partial charge on any atom is -0.316 e. The summed E-state index contributed by atoms with van der Waals surface area (Å²) < 4.78 is 3.31. The van der Waals surface area contributed by atoms with Crippen molar-refractivity contribution >= 4 is 11.6 Å². The van der Waals surface area contributed by atoms with Crippen molar-refractivity contribution in [1.82, 2.24) is 9.36 Å². The van der Waals surface area contributed by atoms with Crippen LogP contribution in [-0.2, 0) is 7.05 Å². The highest BCUT2D eigenvalue weighted by atomic mass is 16.2.